The van der Waals surface area contributed by atoms with Crippen LogP contribution in [0.4, 0.5) is 0 Å². The number of aromatic amines is 1. The molecule has 0 spiro atoms. The van der Waals surface area contributed by atoms with E-state index in [4.69, 9.17) is 0 Å². The van der Waals surface area contributed by atoms with Crippen molar-refractivity contribution >= 4 is 16.9 Å². The summed E-state index contributed by atoms with van der Waals surface area (Å²) in [6.45, 7) is 0.326. The van der Waals surface area contributed by atoms with Gasteiger partial charge in [0.15, 0.2) is 0 Å². The summed E-state index contributed by atoms with van der Waals surface area (Å²) in [5.74, 6) is -0.156. The van der Waals surface area contributed by atoms with Crippen LogP contribution in [0.25, 0.3) is 11.0 Å². The number of H-pyrrole nitrogens is 1. The van der Waals surface area contributed by atoms with E-state index in [1.807, 2.05) is 6.07 Å². The monoisotopic (exact) mass is 259 g/mol. The number of hydrogen-bond donors (Lipinski definition) is 3. The number of imidazole rings is 1. The predicted octanol–water partition coefficient (Wildman–Crippen LogP) is 1.60. The van der Waals surface area contributed by atoms with Crippen molar-refractivity contribution in [1.29, 1.82) is 0 Å². The lowest BCUT2D eigenvalue weighted by Crippen LogP contribution is -2.40. The number of nitrogens with one attached hydrogen (secondary N) is 2. The molecule has 100 valence electrons. The third-order valence-corrected chi connectivity index (χ3v) is 3.79. The Bertz CT molecular complexity index is 600. The van der Waals surface area contributed by atoms with Gasteiger partial charge < -0.3 is 15.4 Å². The standard InChI is InChI=1S/C14H17N3O2/c18-13(15-8-14(19)5-1-2-6-14)10-3-4-11-12(7-10)17-9-16-11/h3-4,7,9,19H,1-2,5-6,8H2,(H,15,18)(H,16,17). The number of aliphatic hydroxyl groups is 1. The summed E-state index contributed by atoms with van der Waals surface area (Å²) in [5, 5.41) is 13.0. The van der Waals surface area contributed by atoms with Crippen molar-refractivity contribution in [3.8, 4) is 0 Å². The largest absolute Gasteiger partial charge is 0.388 e. The summed E-state index contributed by atoms with van der Waals surface area (Å²) in [5.41, 5.74) is 1.55. The Morgan fingerprint density at radius 3 is 3.00 bits per heavy atom. The highest BCUT2D eigenvalue weighted by molar-refractivity contribution is 5.97. The number of carbonyl (C=O) groups is 1. The van der Waals surface area contributed by atoms with E-state index in [1.165, 1.54) is 0 Å². The molecule has 1 amide bonds. The molecule has 0 aliphatic heterocycles. The molecule has 3 N–H and O–H groups in total. The fourth-order valence-corrected chi connectivity index (χ4v) is 2.63. The van der Waals surface area contributed by atoms with Crippen molar-refractivity contribution in [2.75, 3.05) is 6.54 Å². The van der Waals surface area contributed by atoms with E-state index in [9.17, 15) is 9.90 Å². The Morgan fingerprint density at radius 1 is 1.42 bits per heavy atom. The Hall–Kier alpha value is -1.88. The molecule has 5 nitrogen and oxygen atoms in total. The highest BCUT2D eigenvalue weighted by Gasteiger charge is 2.31. The maximum absolute atomic E-state index is 12.1. The van der Waals surface area contributed by atoms with E-state index in [0.717, 1.165) is 36.7 Å². The van der Waals surface area contributed by atoms with Gasteiger partial charge in [-0.1, -0.05) is 12.8 Å². The fourth-order valence-electron chi connectivity index (χ4n) is 2.63. The van der Waals surface area contributed by atoms with Gasteiger partial charge in [-0.2, -0.15) is 0 Å². The van der Waals surface area contributed by atoms with Gasteiger partial charge in [-0.3, -0.25) is 4.79 Å². The lowest BCUT2D eigenvalue weighted by Gasteiger charge is -2.22. The van der Waals surface area contributed by atoms with Crippen LogP contribution in [-0.2, 0) is 0 Å². The van der Waals surface area contributed by atoms with E-state index in [-0.39, 0.29) is 5.91 Å². The first-order chi connectivity index (χ1) is 9.16. The van der Waals surface area contributed by atoms with Gasteiger partial charge in [0.1, 0.15) is 0 Å². The zero-order valence-corrected chi connectivity index (χ0v) is 10.6. The summed E-state index contributed by atoms with van der Waals surface area (Å²) < 4.78 is 0. The highest BCUT2D eigenvalue weighted by Crippen LogP contribution is 2.28. The molecule has 0 unspecified atom stereocenters. The molecule has 1 fully saturated rings. The molecule has 0 saturated heterocycles. The number of amides is 1. The maximum atomic E-state index is 12.1. The van der Waals surface area contributed by atoms with E-state index < -0.39 is 5.60 Å². The van der Waals surface area contributed by atoms with Gasteiger partial charge in [-0.05, 0) is 31.0 Å². The first-order valence-electron chi connectivity index (χ1n) is 6.60. The molecule has 0 atom stereocenters. The maximum Gasteiger partial charge on any atom is 0.251 e. The van der Waals surface area contributed by atoms with Crippen LogP contribution in [0.3, 0.4) is 0 Å². The molecule has 1 aliphatic rings. The quantitative estimate of drug-likeness (QED) is 0.783. The average Bonchev–Trinajstić information content (AvgIpc) is 3.04. The van der Waals surface area contributed by atoms with Crippen LogP contribution in [-0.4, -0.2) is 33.1 Å². The topological polar surface area (TPSA) is 78.0 Å². The number of carbonyl (C=O) groups excluding carboxylic acids is 1. The van der Waals surface area contributed by atoms with Crippen LogP contribution in [0.5, 0.6) is 0 Å². The van der Waals surface area contributed by atoms with Gasteiger partial charge in [0.2, 0.25) is 0 Å². The fraction of sp³-hybridized carbons (Fsp3) is 0.429. The molecule has 3 rings (SSSR count). The Kier molecular flexibility index (Phi) is 2.98. The Labute approximate surface area is 111 Å². The summed E-state index contributed by atoms with van der Waals surface area (Å²) in [6, 6.07) is 5.33. The summed E-state index contributed by atoms with van der Waals surface area (Å²) in [6.07, 6.45) is 5.21. The Morgan fingerprint density at radius 2 is 2.21 bits per heavy atom. The number of aromatic nitrogens is 2. The van der Waals surface area contributed by atoms with Crippen LogP contribution >= 0.6 is 0 Å². The average molecular weight is 259 g/mol. The number of rotatable bonds is 3. The zero-order chi connectivity index (χ0) is 13.3. The van der Waals surface area contributed by atoms with Gasteiger partial charge in [0.25, 0.3) is 5.91 Å². The first kappa shape index (κ1) is 12.2. The van der Waals surface area contributed by atoms with E-state index in [2.05, 4.69) is 15.3 Å². The van der Waals surface area contributed by atoms with Gasteiger partial charge in [-0.15, -0.1) is 0 Å². The normalized spacial score (nSPS) is 17.7. The van der Waals surface area contributed by atoms with E-state index >= 15 is 0 Å². The zero-order valence-electron chi connectivity index (χ0n) is 10.6. The third-order valence-electron chi connectivity index (χ3n) is 3.79. The minimum Gasteiger partial charge on any atom is -0.388 e. The second-order valence-electron chi connectivity index (χ2n) is 5.25. The predicted molar refractivity (Wildman–Crippen MR) is 71.8 cm³/mol. The van der Waals surface area contributed by atoms with Crippen molar-refractivity contribution < 1.29 is 9.90 Å². The molecule has 0 radical (unpaired) electrons. The van der Waals surface area contributed by atoms with Gasteiger partial charge in [0.05, 0.1) is 23.0 Å². The van der Waals surface area contributed by atoms with Crippen LogP contribution in [0.2, 0.25) is 0 Å². The van der Waals surface area contributed by atoms with Crippen molar-refractivity contribution in [3.63, 3.8) is 0 Å². The molecule has 1 aromatic heterocycles. The minimum atomic E-state index is -0.715. The SMILES string of the molecule is O=C(NCC1(O)CCCC1)c1ccc2nc[nH]c2c1. The van der Waals surface area contributed by atoms with E-state index in [0.29, 0.717) is 12.1 Å². The second kappa shape index (κ2) is 4.66. The highest BCUT2D eigenvalue weighted by atomic mass is 16.3. The number of fused-ring (bicyclic) bond motifs is 1. The molecule has 0 bridgehead atoms. The molecule has 2 aromatic rings. The molecular formula is C14H17N3O2. The third kappa shape index (κ3) is 2.46. The van der Waals surface area contributed by atoms with E-state index in [1.54, 1.807) is 18.5 Å². The van der Waals surface area contributed by atoms with Crippen molar-refractivity contribution in [1.82, 2.24) is 15.3 Å². The van der Waals surface area contributed by atoms with Gasteiger partial charge in [-0.25, -0.2) is 4.98 Å². The van der Waals surface area contributed by atoms with Gasteiger partial charge in [0, 0.05) is 12.1 Å². The second-order valence-corrected chi connectivity index (χ2v) is 5.25. The molecular weight excluding hydrogens is 242 g/mol. The summed E-state index contributed by atoms with van der Waals surface area (Å²) in [7, 11) is 0. The lowest BCUT2D eigenvalue weighted by atomic mass is 10.0. The smallest absolute Gasteiger partial charge is 0.251 e. The van der Waals surface area contributed by atoms with Crippen molar-refractivity contribution in [3.05, 3.63) is 30.1 Å². The molecule has 1 heterocycles. The van der Waals surface area contributed by atoms with Crippen LogP contribution in [0, 0.1) is 0 Å². The summed E-state index contributed by atoms with van der Waals surface area (Å²) >= 11 is 0. The molecule has 1 saturated carbocycles. The molecule has 1 aliphatic carbocycles. The summed E-state index contributed by atoms with van der Waals surface area (Å²) in [4.78, 5) is 19.1. The molecule has 5 heteroatoms. The Balaban J connectivity index is 1.69. The molecule has 1 aromatic carbocycles. The molecule has 19 heavy (non-hydrogen) atoms. The number of hydrogen-bond acceptors (Lipinski definition) is 3. The van der Waals surface area contributed by atoms with Gasteiger partial charge >= 0.3 is 0 Å². The van der Waals surface area contributed by atoms with Crippen LogP contribution in [0.1, 0.15) is 36.0 Å². The minimum absolute atomic E-state index is 0.156. The number of nitrogens with zero attached hydrogens (tertiary/aromatic N) is 1. The van der Waals surface area contributed by atoms with Crippen molar-refractivity contribution in [2.24, 2.45) is 0 Å². The number of benzene rings is 1. The van der Waals surface area contributed by atoms with Crippen LogP contribution in [0.15, 0.2) is 24.5 Å². The lowest BCUT2D eigenvalue weighted by molar-refractivity contribution is 0.0449. The first-order valence-corrected chi connectivity index (χ1v) is 6.60. The van der Waals surface area contributed by atoms with Crippen molar-refractivity contribution in [2.45, 2.75) is 31.3 Å². The van der Waals surface area contributed by atoms with Crippen LogP contribution < -0.4 is 5.32 Å².